The predicted octanol–water partition coefficient (Wildman–Crippen LogP) is 4.75. The maximum absolute atomic E-state index is 13.5. The maximum Gasteiger partial charge on any atom is 0.241 e. The van der Waals surface area contributed by atoms with Gasteiger partial charge in [0.05, 0.1) is 10.9 Å². The lowest BCUT2D eigenvalue weighted by molar-refractivity contribution is 0.0801. The van der Waals surface area contributed by atoms with Crippen molar-refractivity contribution in [3.8, 4) is 11.5 Å². The molecular formula is C24H20ClNO5S2. The number of halogens is 1. The first kappa shape index (κ1) is 22.2. The third-order valence-corrected chi connectivity index (χ3v) is 8.25. The second-order valence-corrected chi connectivity index (χ2v) is 10.9. The summed E-state index contributed by atoms with van der Waals surface area (Å²) in [6, 6.07) is 20.8. The number of nitrogens with one attached hydrogen (secondary N) is 1. The minimum absolute atomic E-state index is 0.0218. The highest BCUT2D eigenvalue weighted by Gasteiger charge is 2.27. The largest absolute Gasteiger partial charge is 0.487 e. The zero-order valence-electron chi connectivity index (χ0n) is 17.3. The van der Waals surface area contributed by atoms with Crippen LogP contribution in [0.4, 0.5) is 0 Å². The highest BCUT2D eigenvalue weighted by atomic mass is 35.5. The van der Waals surface area contributed by atoms with Crippen LogP contribution in [-0.4, -0.2) is 32.8 Å². The SMILES string of the molecule is O=S(=O)(N[C@@H](c1cc2ccccc2s1)c1ccccc1Cl)c1ccc2c(c1)OCC(O)CO2. The molecule has 6 nitrogen and oxygen atoms in total. The summed E-state index contributed by atoms with van der Waals surface area (Å²) >= 11 is 7.99. The van der Waals surface area contributed by atoms with Crippen LogP contribution < -0.4 is 14.2 Å². The Labute approximate surface area is 200 Å². The summed E-state index contributed by atoms with van der Waals surface area (Å²) in [5.74, 6) is 0.656. The maximum atomic E-state index is 13.5. The molecule has 2 heterocycles. The summed E-state index contributed by atoms with van der Waals surface area (Å²) in [6.45, 7) is 0.103. The minimum Gasteiger partial charge on any atom is -0.487 e. The molecule has 0 aliphatic carbocycles. The molecule has 1 aliphatic heterocycles. The Bertz CT molecular complexity index is 1390. The molecule has 1 aromatic heterocycles. The highest BCUT2D eigenvalue weighted by Crippen LogP contribution is 2.37. The molecule has 2 N–H and O–H groups in total. The first-order valence-electron chi connectivity index (χ1n) is 10.2. The van der Waals surface area contributed by atoms with Crippen molar-refractivity contribution in [3.05, 3.63) is 88.3 Å². The average Bonchev–Trinajstić information content (AvgIpc) is 3.15. The molecule has 1 unspecified atom stereocenters. The van der Waals surface area contributed by atoms with Gasteiger partial charge in [0.2, 0.25) is 10.0 Å². The summed E-state index contributed by atoms with van der Waals surface area (Å²) in [7, 11) is -3.97. The molecule has 170 valence electrons. The number of hydrogen-bond donors (Lipinski definition) is 2. The molecule has 0 saturated heterocycles. The number of ether oxygens (including phenoxy) is 2. The lowest BCUT2D eigenvalue weighted by Gasteiger charge is -2.20. The normalized spacial score (nSPS) is 17.0. The van der Waals surface area contributed by atoms with E-state index in [-0.39, 0.29) is 23.9 Å². The third-order valence-electron chi connectivity index (χ3n) is 5.31. The number of sulfonamides is 1. The van der Waals surface area contributed by atoms with Gasteiger partial charge in [-0.15, -0.1) is 11.3 Å². The summed E-state index contributed by atoms with van der Waals surface area (Å²) < 4.78 is 41.8. The summed E-state index contributed by atoms with van der Waals surface area (Å²) in [5.41, 5.74) is 0.659. The van der Waals surface area contributed by atoms with Gasteiger partial charge in [0.15, 0.2) is 11.5 Å². The number of fused-ring (bicyclic) bond motifs is 2. The van der Waals surface area contributed by atoms with E-state index in [4.69, 9.17) is 21.1 Å². The van der Waals surface area contributed by atoms with Crippen LogP contribution >= 0.6 is 22.9 Å². The molecule has 0 bridgehead atoms. The molecule has 0 saturated carbocycles. The van der Waals surface area contributed by atoms with Crippen LogP contribution in [0.15, 0.2) is 77.7 Å². The second kappa shape index (κ2) is 8.96. The number of thiophene rings is 1. The van der Waals surface area contributed by atoms with Gasteiger partial charge >= 0.3 is 0 Å². The van der Waals surface area contributed by atoms with Crippen LogP contribution in [0.1, 0.15) is 16.5 Å². The highest BCUT2D eigenvalue weighted by molar-refractivity contribution is 7.89. The molecule has 0 amide bonds. The molecule has 2 atom stereocenters. The monoisotopic (exact) mass is 501 g/mol. The number of hydrogen-bond acceptors (Lipinski definition) is 6. The molecule has 3 aromatic carbocycles. The topological polar surface area (TPSA) is 84.9 Å². The van der Waals surface area contributed by atoms with Crippen molar-refractivity contribution in [2.75, 3.05) is 13.2 Å². The molecule has 0 spiro atoms. The van der Waals surface area contributed by atoms with E-state index in [9.17, 15) is 13.5 Å². The summed E-state index contributed by atoms with van der Waals surface area (Å²) in [4.78, 5) is 0.852. The molecule has 33 heavy (non-hydrogen) atoms. The molecule has 0 radical (unpaired) electrons. The van der Waals surface area contributed by atoms with E-state index in [0.29, 0.717) is 16.3 Å². The van der Waals surface area contributed by atoms with Gasteiger partial charge in [0, 0.05) is 20.7 Å². The Morgan fingerprint density at radius 1 is 0.970 bits per heavy atom. The Hall–Kier alpha value is -2.62. The van der Waals surface area contributed by atoms with Crippen molar-refractivity contribution in [2.45, 2.75) is 17.0 Å². The van der Waals surface area contributed by atoms with Gasteiger partial charge in [0.1, 0.15) is 19.3 Å². The van der Waals surface area contributed by atoms with Crippen molar-refractivity contribution >= 4 is 43.0 Å². The molecule has 1 aliphatic rings. The van der Waals surface area contributed by atoms with E-state index in [2.05, 4.69) is 4.72 Å². The lowest BCUT2D eigenvalue weighted by atomic mass is 10.1. The molecule has 0 fully saturated rings. The van der Waals surface area contributed by atoms with Gasteiger partial charge in [-0.2, -0.15) is 4.72 Å². The van der Waals surface area contributed by atoms with Crippen LogP contribution in [-0.2, 0) is 10.0 Å². The number of aliphatic hydroxyl groups excluding tert-OH is 1. The van der Waals surface area contributed by atoms with E-state index >= 15 is 0 Å². The van der Waals surface area contributed by atoms with Crippen molar-refractivity contribution < 1.29 is 23.0 Å². The second-order valence-electron chi connectivity index (χ2n) is 7.65. The number of benzene rings is 3. The van der Waals surface area contributed by atoms with Crippen molar-refractivity contribution in [2.24, 2.45) is 0 Å². The van der Waals surface area contributed by atoms with Crippen molar-refractivity contribution in [3.63, 3.8) is 0 Å². The third kappa shape index (κ3) is 4.58. The van der Waals surface area contributed by atoms with Gasteiger partial charge in [0.25, 0.3) is 0 Å². The lowest BCUT2D eigenvalue weighted by Crippen LogP contribution is -2.29. The fourth-order valence-corrected chi connectivity index (χ4v) is 6.32. The van der Waals surface area contributed by atoms with E-state index in [1.54, 1.807) is 12.1 Å². The van der Waals surface area contributed by atoms with Crippen LogP contribution in [0, 0.1) is 0 Å². The number of aliphatic hydroxyl groups is 1. The van der Waals surface area contributed by atoms with Crippen LogP contribution in [0.5, 0.6) is 11.5 Å². The van der Waals surface area contributed by atoms with Gasteiger partial charge in [-0.1, -0.05) is 48.0 Å². The van der Waals surface area contributed by atoms with E-state index < -0.39 is 22.2 Å². The zero-order chi connectivity index (χ0) is 23.0. The first-order valence-corrected chi connectivity index (χ1v) is 12.9. The van der Waals surface area contributed by atoms with Gasteiger partial charge in [-0.05, 0) is 41.3 Å². The minimum atomic E-state index is -3.97. The predicted molar refractivity (Wildman–Crippen MR) is 129 cm³/mol. The molecular weight excluding hydrogens is 482 g/mol. The molecule has 9 heteroatoms. The van der Waals surface area contributed by atoms with Gasteiger partial charge < -0.3 is 14.6 Å². The Kier molecular flexibility index (Phi) is 6.03. The summed E-state index contributed by atoms with van der Waals surface area (Å²) in [5, 5.41) is 11.3. The van der Waals surface area contributed by atoms with Crippen LogP contribution in [0.25, 0.3) is 10.1 Å². The summed E-state index contributed by atoms with van der Waals surface area (Å²) in [6.07, 6.45) is -0.784. The van der Waals surface area contributed by atoms with Gasteiger partial charge in [-0.3, -0.25) is 0 Å². The van der Waals surface area contributed by atoms with Crippen LogP contribution in [0.2, 0.25) is 5.02 Å². The van der Waals surface area contributed by atoms with E-state index in [0.717, 1.165) is 15.0 Å². The Morgan fingerprint density at radius 3 is 2.48 bits per heavy atom. The quantitative estimate of drug-likeness (QED) is 0.412. The average molecular weight is 502 g/mol. The first-order chi connectivity index (χ1) is 15.9. The molecule has 5 rings (SSSR count). The Balaban J connectivity index is 1.55. The number of rotatable bonds is 5. The van der Waals surface area contributed by atoms with Crippen LogP contribution in [0.3, 0.4) is 0 Å². The van der Waals surface area contributed by atoms with E-state index in [1.807, 2.05) is 42.5 Å². The zero-order valence-corrected chi connectivity index (χ0v) is 19.7. The fourth-order valence-electron chi connectivity index (χ4n) is 3.66. The van der Waals surface area contributed by atoms with Crippen molar-refractivity contribution in [1.82, 2.24) is 4.72 Å². The van der Waals surface area contributed by atoms with E-state index in [1.165, 1.54) is 29.5 Å². The Morgan fingerprint density at radius 2 is 1.70 bits per heavy atom. The van der Waals surface area contributed by atoms with Crippen molar-refractivity contribution in [1.29, 1.82) is 0 Å². The standard InChI is InChI=1S/C24H20ClNO5S2/c25-19-7-3-2-6-18(19)24(23-11-15-5-1-4-8-22(15)32-23)26-33(28,29)17-9-10-20-21(12-17)31-14-16(27)13-30-20/h1-12,16,24,26-27H,13-14H2/t16?,24-/m1/s1. The molecule has 4 aromatic rings. The fraction of sp³-hybridized carbons (Fsp3) is 0.167. The van der Waals surface area contributed by atoms with Gasteiger partial charge in [-0.25, -0.2) is 8.42 Å². The smallest absolute Gasteiger partial charge is 0.241 e.